The molecule has 4 heteroatoms. The van der Waals surface area contributed by atoms with E-state index in [0.717, 1.165) is 12.0 Å². The molecule has 0 amide bonds. The Morgan fingerprint density at radius 2 is 2.12 bits per heavy atom. The van der Waals surface area contributed by atoms with Crippen LogP contribution in [0.25, 0.3) is 11.3 Å². The topological polar surface area (TPSA) is 58.6 Å². The van der Waals surface area contributed by atoms with E-state index < -0.39 is 0 Å². The van der Waals surface area contributed by atoms with E-state index in [1.807, 2.05) is 12.1 Å². The third-order valence-corrected chi connectivity index (χ3v) is 2.37. The number of rotatable bonds is 3. The van der Waals surface area contributed by atoms with Crippen LogP contribution in [-0.2, 0) is 6.42 Å². The summed E-state index contributed by atoms with van der Waals surface area (Å²) >= 11 is 0. The van der Waals surface area contributed by atoms with Gasteiger partial charge in [-0.1, -0.05) is 41.5 Å². The van der Waals surface area contributed by atoms with Crippen molar-refractivity contribution < 1.29 is 9.73 Å². The number of nitrogens with zero attached hydrogens (tertiary/aromatic N) is 2. The molecule has 2 rings (SSSR count). The lowest BCUT2D eigenvalue weighted by atomic mass is 10.1. The van der Waals surface area contributed by atoms with Gasteiger partial charge in [-0.25, -0.2) is 0 Å². The highest BCUT2D eigenvalue weighted by molar-refractivity contribution is 5.78. The molecule has 1 N–H and O–H groups in total. The first kappa shape index (κ1) is 10.4. The number of benzene rings is 1. The third-order valence-electron chi connectivity index (χ3n) is 2.37. The zero-order chi connectivity index (χ0) is 11.4. The van der Waals surface area contributed by atoms with Gasteiger partial charge in [-0.3, -0.25) is 0 Å². The van der Waals surface area contributed by atoms with Crippen molar-refractivity contribution in [3.8, 4) is 11.3 Å². The van der Waals surface area contributed by atoms with Gasteiger partial charge in [0.1, 0.15) is 5.69 Å². The third kappa shape index (κ3) is 2.11. The van der Waals surface area contributed by atoms with E-state index in [9.17, 15) is 0 Å². The average Bonchev–Trinajstić information content (AvgIpc) is 2.78. The van der Waals surface area contributed by atoms with Gasteiger partial charge in [0.2, 0.25) is 0 Å². The van der Waals surface area contributed by atoms with Crippen LogP contribution < -0.4 is 0 Å². The molecule has 0 radical (unpaired) electrons. The molecular weight excluding hydrogens is 204 g/mol. The smallest absolute Gasteiger partial charge is 0.167 e. The van der Waals surface area contributed by atoms with Crippen molar-refractivity contribution >= 4 is 6.21 Å². The van der Waals surface area contributed by atoms with Crippen molar-refractivity contribution in [1.82, 2.24) is 5.16 Å². The van der Waals surface area contributed by atoms with E-state index in [2.05, 4.69) is 29.4 Å². The van der Waals surface area contributed by atoms with Crippen LogP contribution in [0.3, 0.4) is 0 Å². The second-order valence-electron chi connectivity index (χ2n) is 3.41. The van der Waals surface area contributed by atoms with Crippen LogP contribution in [0.15, 0.2) is 40.0 Å². The van der Waals surface area contributed by atoms with Crippen LogP contribution in [0.5, 0.6) is 0 Å². The molecule has 1 aromatic carbocycles. The molecule has 0 aliphatic heterocycles. The van der Waals surface area contributed by atoms with Gasteiger partial charge in [-0.05, 0) is 12.0 Å². The summed E-state index contributed by atoms with van der Waals surface area (Å²) in [7, 11) is 0. The summed E-state index contributed by atoms with van der Waals surface area (Å²) in [4.78, 5) is 0. The van der Waals surface area contributed by atoms with Crippen molar-refractivity contribution in [3.63, 3.8) is 0 Å². The Balaban J connectivity index is 2.27. The normalized spacial score (nSPS) is 11.1. The number of oxime groups is 1. The van der Waals surface area contributed by atoms with E-state index in [4.69, 9.17) is 9.73 Å². The number of hydrogen-bond donors (Lipinski definition) is 1. The zero-order valence-corrected chi connectivity index (χ0v) is 8.92. The van der Waals surface area contributed by atoms with Crippen molar-refractivity contribution in [3.05, 3.63) is 41.6 Å². The summed E-state index contributed by atoms with van der Waals surface area (Å²) in [5.74, 6) is 0.664. The minimum atomic E-state index is 0.497. The minimum Gasteiger partial charge on any atom is -0.411 e. The van der Waals surface area contributed by atoms with Crippen LogP contribution in [0.4, 0.5) is 0 Å². The maximum absolute atomic E-state index is 8.36. The fourth-order valence-electron chi connectivity index (χ4n) is 1.45. The van der Waals surface area contributed by atoms with E-state index in [0.29, 0.717) is 11.5 Å². The average molecular weight is 216 g/mol. The summed E-state index contributed by atoms with van der Waals surface area (Å²) in [6.07, 6.45) is 2.24. The highest BCUT2D eigenvalue weighted by Crippen LogP contribution is 2.20. The molecule has 1 heterocycles. The van der Waals surface area contributed by atoms with Gasteiger partial charge in [0, 0.05) is 11.6 Å². The summed E-state index contributed by atoms with van der Waals surface area (Å²) in [6, 6.07) is 9.80. The predicted octanol–water partition coefficient (Wildman–Crippen LogP) is 2.71. The summed E-state index contributed by atoms with van der Waals surface area (Å²) < 4.78 is 5.12. The van der Waals surface area contributed by atoms with Gasteiger partial charge in [-0.2, -0.15) is 0 Å². The molecule has 0 saturated heterocycles. The van der Waals surface area contributed by atoms with E-state index >= 15 is 0 Å². The van der Waals surface area contributed by atoms with Crippen LogP contribution in [-0.4, -0.2) is 16.6 Å². The van der Waals surface area contributed by atoms with Crippen LogP contribution in [0.1, 0.15) is 18.2 Å². The minimum absolute atomic E-state index is 0.497. The van der Waals surface area contributed by atoms with Gasteiger partial charge in [0.25, 0.3) is 0 Å². The quantitative estimate of drug-likeness (QED) is 0.487. The highest BCUT2D eigenvalue weighted by Gasteiger charge is 2.04. The van der Waals surface area contributed by atoms with Crippen molar-refractivity contribution in [2.45, 2.75) is 13.3 Å². The molecule has 1 aromatic heterocycles. The summed E-state index contributed by atoms with van der Waals surface area (Å²) in [5, 5.41) is 15.0. The first-order valence-electron chi connectivity index (χ1n) is 5.07. The number of aryl methyl sites for hydroxylation is 1. The van der Waals surface area contributed by atoms with Crippen molar-refractivity contribution in [1.29, 1.82) is 0 Å². The Kier molecular flexibility index (Phi) is 3.00. The van der Waals surface area contributed by atoms with Gasteiger partial charge >= 0.3 is 0 Å². The van der Waals surface area contributed by atoms with Gasteiger partial charge in [0.05, 0.1) is 6.21 Å². The van der Waals surface area contributed by atoms with Crippen LogP contribution in [0.2, 0.25) is 0 Å². The largest absolute Gasteiger partial charge is 0.411 e. The lowest BCUT2D eigenvalue weighted by Gasteiger charge is -1.97. The van der Waals surface area contributed by atoms with Crippen molar-refractivity contribution in [2.75, 3.05) is 0 Å². The molecule has 0 fully saturated rings. The first-order chi connectivity index (χ1) is 7.83. The molecule has 0 bridgehead atoms. The Bertz CT molecular complexity index is 486. The van der Waals surface area contributed by atoms with Gasteiger partial charge in [0.15, 0.2) is 5.76 Å². The van der Waals surface area contributed by atoms with E-state index in [1.165, 1.54) is 11.8 Å². The second-order valence-corrected chi connectivity index (χ2v) is 3.41. The molecule has 4 nitrogen and oxygen atoms in total. The molecule has 0 aliphatic rings. The van der Waals surface area contributed by atoms with E-state index in [1.54, 1.807) is 6.07 Å². The summed E-state index contributed by atoms with van der Waals surface area (Å²) in [5.41, 5.74) is 2.74. The Hall–Kier alpha value is -2.10. The fourth-order valence-corrected chi connectivity index (χ4v) is 1.45. The van der Waals surface area contributed by atoms with Crippen LogP contribution in [0, 0.1) is 0 Å². The van der Waals surface area contributed by atoms with Gasteiger partial charge < -0.3 is 9.73 Å². The number of aromatic nitrogens is 1. The number of hydrogen-bond acceptors (Lipinski definition) is 4. The maximum atomic E-state index is 8.36. The second kappa shape index (κ2) is 4.61. The monoisotopic (exact) mass is 216 g/mol. The first-order valence-corrected chi connectivity index (χ1v) is 5.07. The molecular formula is C12H12N2O2. The molecule has 0 spiro atoms. The van der Waals surface area contributed by atoms with Gasteiger partial charge in [-0.15, -0.1) is 0 Å². The summed E-state index contributed by atoms with van der Waals surface area (Å²) in [6.45, 7) is 2.11. The Labute approximate surface area is 93.2 Å². The molecule has 0 saturated carbocycles. The lowest BCUT2D eigenvalue weighted by molar-refractivity contribution is 0.321. The molecule has 2 aromatic rings. The van der Waals surface area contributed by atoms with Crippen LogP contribution >= 0.6 is 0 Å². The fraction of sp³-hybridized carbons (Fsp3) is 0.167. The molecule has 82 valence electrons. The van der Waals surface area contributed by atoms with E-state index in [-0.39, 0.29) is 0 Å². The standard InChI is InChI=1S/C12H12N2O2/c1-2-9-3-5-10(6-4-9)12-7-11(8-13-15)14-16-12/h3-8,15H,2H2,1H3. The molecule has 0 unspecified atom stereocenters. The van der Waals surface area contributed by atoms with Crippen molar-refractivity contribution in [2.24, 2.45) is 5.16 Å². The Morgan fingerprint density at radius 3 is 2.75 bits per heavy atom. The molecule has 16 heavy (non-hydrogen) atoms. The predicted molar refractivity (Wildman–Crippen MR) is 60.7 cm³/mol. The molecule has 0 aliphatic carbocycles. The zero-order valence-electron chi connectivity index (χ0n) is 8.92. The highest BCUT2D eigenvalue weighted by atomic mass is 16.5. The lowest BCUT2D eigenvalue weighted by Crippen LogP contribution is -1.79. The molecule has 0 atom stereocenters. The maximum Gasteiger partial charge on any atom is 0.167 e. The Morgan fingerprint density at radius 1 is 1.38 bits per heavy atom. The SMILES string of the molecule is CCc1ccc(-c2cc(C=NO)no2)cc1.